The quantitative estimate of drug-likeness (QED) is 0.441. The minimum absolute atomic E-state index is 0.0324. The average Bonchev–Trinajstić information content (AvgIpc) is 3.36. The summed E-state index contributed by atoms with van der Waals surface area (Å²) in [5.74, 6) is -0.0373. The molecule has 7 heteroatoms. The van der Waals surface area contributed by atoms with Crippen molar-refractivity contribution in [2.45, 2.75) is 77.3 Å². The van der Waals surface area contributed by atoms with Crippen molar-refractivity contribution in [3.05, 3.63) is 58.3 Å². The van der Waals surface area contributed by atoms with Crippen molar-refractivity contribution < 1.29 is 14.4 Å². The highest BCUT2D eigenvalue weighted by Gasteiger charge is 2.33. The largest absolute Gasteiger partial charge is 0.344 e. The van der Waals surface area contributed by atoms with Crippen LogP contribution in [0.4, 0.5) is 0 Å². The van der Waals surface area contributed by atoms with Gasteiger partial charge >= 0.3 is 0 Å². The van der Waals surface area contributed by atoms with Gasteiger partial charge in [-0.2, -0.15) is 0 Å². The van der Waals surface area contributed by atoms with Crippen LogP contribution in [0, 0.1) is 0 Å². The summed E-state index contributed by atoms with van der Waals surface area (Å²) in [5, 5.41) is 4.94. The summed E-state index contributed by atoms with van der Waals surface area (Å²) in [5.41, 5.74) is 1.01. The first-order valence-electron chi connectivity index (χ1n) is 12.9. The van der Waals surface area contributed by atoms with Crippen molar-refractivity contribution in [2.24, 2.45) is 0 Å². The number of nitrogens with zero attached hydrogens (tertiary/aromatic N) is 2. The van der Waals surface area contributed by atoms with E-state index in [0.29, 0.717) is 32.5 Å². The van der Waals surface area contributed by atoms with Crippen LogP contribution in [-0.2, 0) is 27.2 Å². The van der Waals surface area contributed by atoms with Crippen LogP contribution < -0.4 is 5.32 Å². The van der Waals surface area contributed by atoms with Crippen LogP contribution in [0.3, 0.4) is 0 Å². The lowest BCUT2D eigenvalue weighted by Crippen LogP contribution is -2.59. The molecule has 0 aliphatic carbocycles. The predicted octanol–water partition coefficient (Wildman–Crippen LogP) is 4.44. The molecule has 0 saturated carbocycles. The van der Waals surface area contributed by atoms with E-state index in [1.54, 1.807) is 0 Å². The molecule has 6 nitrogen and oxygen atoms in total. The lowest BCUT2D eigenvalue weighted by Gasteiger charge is -2.41. The SMILES string of the molecule is CCCCCCCC(=O)N1CCN(C(=O)C(Cc2ccccc2)NC(=O)Cc2cccs2)CC1C. The first-order chi connectivity index (χ1) is 17.0. The fourth-order valence-electron chi connectivity index (χ4n) is 4.64. The van der Waals surface area contributed by atoms with Gasteiger partial charge in [-0.3, -0.25) is 14.4 Å². The second-order valence-corrected chi connectivity index (χ2v) is 10.5. The van der Waals surface area contributed by atoms with Gasteiger partial charge in [0.05, 0.1) is 6.42 Å². The molecule has 190 valence electrons. The van der Waals surface area contributed by atoms with Gasteiger partial charge < -0.3 is 15.1 Å². The monoisotopic (exact) mass is 497 g/mol. The number of amides is 3. The van der Waals surface area contributed by atoms with E-state index < -0.39 is 6.04 Å². The Balaban J connectivity index is 1.58. The highest BCUT2D eigenvalue weighted by Crippen LogP contribution is 2.16. The molecule has 2 heterocycles. The highest BCUT2D eigenvalue weighted by molar-refractivity contribution is 7.10. The van der Waals surface area contributed by atoms with Crippen molar-refractivity contribution in [3.8, 4) is 0 Å². The van der Waals surface area contributed by atoms with Crippen molar-refractivity contribution in [2.75, 3.05) is 19.6 Å². The zero-order valence-corrected chi connectivity index (χ0v) is 21.9. The summed E-state index contributed by atoms with van der Waals surface area (Å²) in [6.45, 7) is 5.73. The van der Waals surface area contributed by atoms with Crippen LogP contribution in [0.1, 0.15) is 62.8 Å². The predicted molar refractivity (Wildman–Crippen MR) is 141 cm³/mol. The molecule has 3 rings (SSSR count). The van der Waals surface area contributed by atoms with Crippen LogP contribution in [0.2, 0.25) is 0 Å². The molecular formula is C28H39N3O3S. The summed E-state index contributed by atoms with van der Waals surface area (Å²) in [7, 11) is 0. The third kappa shape index (κ3) is 8.49. The molecule has 1 fully saturated rings. The van der Waals surface area contributed by atoms with Gasteiger partial charge in [-0.25, -0.2) is 0 Å². The average molecular weight is 498 g/mol. The van der Waals surface area contributed by atoms with Crippen molar-refractivity contribution in [1.82, 2.24) is 15.1 Å². The van der Waals surface area contributed by atoms with E-state index in [2.05, 4.69) is 12.2 Å². The summed E-state index contributed by atoms with van der Waals surface area (Å²) in [6, 6.07) is 13.0. The van der Waals surface area contributed by atoms with Gasteiger partial charge in [0.2, 0.25) is 17.7 Å². The Morgan fingerprint density at radius 3 is 2.49 bits per heavy atom. The Bertz CT molecular complexity index is 932. The first-order valence-corrected chi connectivity index (χ1v) is 13.8. The molecule has 3 amide bonds. The Morgan fingerprint density at radius 1 is 1.03 bits per heavy atom. The molecule has 35 heavy (non-hydrogen) atoms. The number of benzene rings is 1. The lowest BCUT2D eigenvalue weighted by molar-refractivity contribution is -0.144. The van der Waals surface area contributed by atoms with Crippen LogP contribution in [-0.4, -0.2) is 59.2 Å². The second-order valence-electron chi connectivity index (χ2n) is 9.45. The Labute approximate surface area is 213 Å². The maximum atomic E-state index is 13.5. The Kier molecular flexibility index (Phi) is 10.8. The summed E-state index contributed by atoms with van der Waals surface area (Å²) in [4.78, 5) is 43.8. The third-order valence-electron chi connectivity index (χ3n) is 6.58. The summed E-state index contributed by atoms with van der Waals surface area (Å²) < 4.78 is 0. The van der Waals surface area contributed by atoms with Gasteiger partial charge in [0.15, 0.2) is 0 Å². The van der Waals surface area contributed by atoms with E-state index >= 15 is 0 Å². The van der Waals surface area contributed by atoms with Crippen LogP contribution in [0.5, 0.6) is 0 Å². The zero-order chi connectivity index (χ0) is 25.0. The molecule has 1 N–H and O–H groups in total. The van der Waals surface area contributed by atoms with Crippen LogP contribution in [0.15, 0.2) is 47.8 Å². The molecule has 0 spiro atoms. The molecule has 1 aromatic carbocycles. The standard InChI is InChI=1S/C28H39N3O3S/c1-3-4-5-6-10-15-27(33)31-17-16-30(21-22(31)2)28(34)25(19-23-12-8-7-9-13-23)29-26(32)20-24-14-11-18-35-24/h7-9,11-14,18,22,25H,3-6,10,15-17,19-21H2,1-2H3,(H,29,32). The number of thiophene rings is 1. The third-order valence-corrected chi connectivity index (χ3v) is 7.46. The number of nitrogens with one attached hydrogen (secondary N) is 1. The molecule has 1 aliphatic heterocycles. The highest BCUT2D eigenvalue weighted by atomic mass is 32.1. The minimum atomic E-state index is -0.627. The number of carbonyl (C=O) groups excluding carboxylic acids is 3. The molecule has 2 aromatic rings. The minimum Gasteiger partial charge on any atom is -0.344 e. The topological polar surface area (TPSA) is 69.7 Å². The number of piperazine rings is 1. The smallest absolute Gasteiger partial charge is 0.245 e. The van der Waals surface area contributed by atoms with Gasteiger partial charge in [0, 0.05) is 43.4 Å². The second kappa shape index (κ2) is 14.0. The molecule has 1 aliphatic rings. The molecule has 1 aromatic heterocycles. The van der Waals surface area contributed by atoms with Crippen molar-refractivity contribution in [1.29, 1.82) is 0 Å². The number of hydrogen-bond donors (Lipinski definition) is 1. The molecular weight excluding hydrogens is 458 g/mol. The number of unbranched alkanes of at least 4 members (excludes halogenated alkanes) is 4. The van der Waals surface area contributed by atoms with Crippen LogP contribution >= 0.6 is 11.3 Å². The maximum absolute atomic E-state index is 13.5. The van der Waals surface area contributed by atoms with Crippen molar-refractivity contribution in [3.63, 3.8) is 0 Å². The van der Waals surface area contributed by atoms with Gasteiger partial charge in [-0.05, 0) is 30.4 Å². The van der Waals surface area contributed by atoms with E-state index in [1.165, 1.54) is 30.6 Å². The number of hydrogen-bond acceptors (Lipinski definition) is 4. The fourth-order valence-corrected chi connectivity index (χ4v) is 5.34. The normalized spacial score (nSPS) is 16.7. The summed E-state index contributed by atoms with van der Waals surface area (Å²) >= 11 is 1.54. The number of carbonyl (C=O) groups is 3. The van der Waals surface area contributed by atoms with Crippen molar-refractivity contribution >= 4 is 29.1 Å². The van der Waals surface area contributed by atoms with Crippen LogP contribution in [0.25, 0.3) is 0 Å². The van der Waals surface area contributed by atoms with E-state index in [1.807, 2.05) is 64.6 Å². The Hall–Kier alpha value is -2.67. The van der Waals surface area contributed by atoms with E-state index in [-0.39, 0.29) is 30.2 Å². The Morgan fingerprint density at radius 2 is 1.80 bits per heavy atom. The van der Waals surface area contributed by atoms with Gasteiger partial charge in [0.25, 0.3) is 0 Å². The van der Waals surface area contributed by atoms with E-state index in [4.69, 9.17) is 0 Å². The molecule has 0 radical (unpaired) electrons. The number of rotatable bonds is 12. The van der Waals surface area contributed by atoms with Gasteiger partial charge in [-0.1, -0.05) is 69.0 Å². The maximum Gasteiger partial charge on any atom is 0.245 e. The molecule has 0 bridgehead atoms. The van der Waals surface area contributed by atoms with Gasteiger partial charge in [0.1, 0.15) is 6.04 Å². The summed E-state index contributed by atoms with van der Waals surface area (Å²) in [6.07, 6.45) is 6.92. The van der Waals surface area contributed by atoms with E-state index in [0.717, 1.165) is 23.3 Å². The van der Waals surface area contributed by atoms with E-state index in [9.17, 15) is 14.4 Å². The first kappa shape index (κ1) is 26.9. The molecule has 2 atom stereocenters. The molecule has 1 saturated heterocycles. The molecule has 2 unspecified atom stereocenters. The lowest BCUT2D eigenvalue weighted by atomic mass is 10.0. The zero-order valence-electron chi connectivity index (χ0n) is 21.1. The fraction of sp³-hybridized carbons (Fsp3) is 0.536. The van der Waals surface area contributed by atoms with Gasteiger partial charge in [-0.15, -0.1) is 11.3 Å².